The van der Waals surface area contributed by atoms with Crippen LogP contribution in [0, 0.1) is 17.5 Å². The lowest BCUT2D eigenvalue weighted by Crippen LogP contribution is -2.04. The molecular weight excluding hydrogens is 270 g/mol. The minimum Gasteiger partial charge on any atom is -0.206 e. The molecular formula is C13H6F6. The van der Waals surface area contributed by atoms with E-state index < -0.39 is 29.2 Å². The predicted molar refractivity (Wildman–Crippen MR) is 56.8 cm³/mol. The van der Waals surface area contributed by atoms with Gasteiger partial charge in [-0.15, -0.1) is 0 Å². The van der Waals surface area contributed by atoms with Gasteiger partial charge in [0.2, 0.25) is 0 Å². The first-order chi connectivity index (χ1) is 8.79. The number of hydrogen-bond donors (Lipinski definition) is 0. The van der Waals surface area contributed by atoms with Crippen molar-refractivity contribution >= 4 is 0 Å². The van der Waals surface area contributed by atoms with Crippen LogP contribution in [-0.2, 0) is 6.18 Å². The van der Waals surface area contributed by atoms with Crippen LogP contribution in [0.2, 0.25) is 0 Å². The third-order valence-electron chi connectivity index (χ3n) is 2.53. The maximum Gasteiger partial charge on any atom is 0.416 e. The molecule has 2 aromatic carbocycles. The van der Waals surface area contributed by atoms with Gasteiger partial charge in [0.1, 0.15) is 5.82 Å². The summed E-state index contributed by atoms with van der Waals surface area (Å²) in [6, 6.07) is 4.44. The van der Waals surface area contributed by atoms with E-state index >= 15 is 0 Å². The van der Waals surface area contributed by atoms with Gasteiger partial charge < -0.3 is 0 Å². The van der Waals surface area contributed by atoms with E-state index in [-0.39, 0.29) is 11.1 Å². The molecule has 19 heavy (non-hydrogen) atoms. The quantitative estimate of drug-likeness (QED) is 0.519. The second-order valence-electron chi connectivity index (χ2n) is 3.82. The Kier molecular flexibility index (Phi) is 3.26. The molecule has 0 aromatic heterocycles. The lowest BCUT2D eigenvalue weighted by atomic mass is 10.0. The zero-order chi connectivity index (χ0) is 14.2. The van der Waals surface area contributed by atoms with Crippen molar-refractivity contribution in [2.45, 2.75) is 6.18 Å². The molecule has 0 aliphatic carbocycles. The third kappa shape index (κ3) is 2.72. The van der Waals surface area contributed by atoms with E-state index in [1.807, 2.05) is 0 Å². The van der Waals surface area contributed by atoms with Crippen molar-refractivity contribution < 1.29 is 26.3 Å². The van der Waals surface area contributed by atoms with Crippen molar-refractivity contribution in [3.63, 3.8) is 0 Å². The molecule has 0 spiro atoms. The maximum absolute atomic E-state index is 13.4. The van der Waals surface area contributed by atoms with Crippen LogP contribution in [0.15, 0.2) is 36.4 Å². The summed E-state index contributed by atoms with van der Waals surface area (Å²) in [6.45, 7) is 0. The van der Waals surface area contributed by atoms with Crippen LogP contribution in [0.25, 0.3) is 11.1 Å². The Labute approximate surface area is 104 Å². The van der Waals surface area contributed by atoms with Gasteiger partial charge in [0.05, 0.1) is 5.56 Å². The largest absolute Gasteiger partial charge is 0.416 e. The molecule has 2 rings (SSSR count). The minimum absolute atomic E-state index is 0.0319. The standard InChI is InChI=1S/C13H6F6/c14-10-6-12(16)11(15)5-9(10)7-1-3-8(4-2-7)13(17,18)19/h1-6H. The van der Waals surface area contributed by atoms with E-state index in [9.17, 15) is 26.3 Å². The molecule has 0 radical (unpaired) electrons. The van der Waals surface area contributed by atoms with Gasteiger partial charge >= 0.3 is 6.18 Å². The highest BCUT2D eigenvalue weighted by Gasteiger charge is 2.30. The summed E-state index contributed by atoms with van der Waals surface area (Å²) >= 11 is 0. The van der Waals surface area contributed by atoms with Crippen molar-refractivity contribution in [2.24, 2.45) is 0 Å². The van der Waals surface area contributed by atoms with Crippen molar-refractivity contribution in [1.29, 1.82) is 0 Å². The van der Waals surface area contributed by atoms with E-state index in [0.717, 1.165) is 24.3 Å². The monoisotopic (exact) mass is 276 g/mol. The number of alkyl halides is 3. The molecule has 100 valence electrons. The summed E-state index contributed by atoms with van der Waals surface area (Å²) < 4.78 is 76.1. The molecule has 0 saturated heterocycles. The Morgan fingerprint density at radius 1 is 0.684 bits per heavy atom. The van der Waals surface area contributed by atoms with Gasteiger partial charge in [0, 0.05) is 11.6 Å². The molecule has 0 amide bonds. The van der Waals surface area contributed by atoms with Gasteiger partial charge in [-0.25, -0.2) is 13.2 Å². The van der Waals surface area contributed by atoms with Gasteiger partial charge in [-0.05, 0) is 23.8 Å². The zero-order valence-electron chi connectivity index (χ0n) is 9.23. The summed E-state index contributed by atoms with van der Waals surface area (Å²) in [6.07, 6.45) is -4.51. The zero-order valence-corrected chi connectivity index (χ0v) is 9.23. The smallest absolute Gasteiger partial charge is 0.206 e. The van der Waals surface area contributed by atoms with E-state index in [0.29, 0.717) is 12.1 Å². The van der Waals surface area contributed by atoms with Crippen LogP contribution >= 0.6 is 0 Å². The van der Waals surface area contributed by atoms with Gasteiger partial charge in [0.25, 0.3) is 0 Å². The molecule has 0 fully saturated rings. The lowest BCUT2D eigenvalue weighted by Gasteiger charge is -2.08. The molecule has 0 atom stereocenters. The molecule has 6 heteroatoms. The van der Waals surface area contributed by atoms with Crippen molar-refractivity contribution in [1.82, 2.24) is 0 Å². The molecule has 0 aliphatic rings. The SMILES string of the molecule is Fc1cc(F)c(-c2ccc(C(F)(F)F)cc2)cc1F. The Hall–Kier alpha value is -1.98. The van der Waals surface area contributed by atoms with E-state index in [1.54, 1.807) is 0 Å². The molecule has 0 aliphatic heterocycles. The summed E-state index contributed by atoms with van der Waals surface area (Å²) in [4.78, 5) is 0. The Bertz CT molecular complexity index is 598. The molecule has 0 N–H and O–H groups in total. The topological polar surface area (TPSA) is 0 Å². The number of benzene rings is 2. The van der Waals surface area contributed by atoms with Crippen molar-refractivity contribution in [3.8, 4) is 11.1 Å². The van der Waals surface area contributed by atoms with Crippen LogP contribution in [0.3, 0.4) is 0 Å². The van der Waals surface area contributed by atoms with Gasteiger partial charge in [0.15, 0.2) is 11.6 Å². The van der Waals surface area contributed by atoms with Crippen LogP contribution in [-0.4, -0.2) is 0 Å². The van der Waals surface area contributed by atoms with Gasteiger partial charge in [-0.2, -0.15) is 13.2 Å². The van der Waals surface area contributed by atoms with Crippen LogP contribution in [0.4, 0.5) is 26.3 Å². The molecule has 0 unspecified atom stereocenters. The summed E-state index contributed by atoms with van der Waals surface area (Å²) in [7, 11) is 0. The first-order valence-electron chi connectivity index (χ1n) is 5.11. The number of halogens is 6. The van der Waals surface area contributed by atoms with E-state index in [1.165, 1.54) is 0 Å². The number of hydrogen-bond acceptors (Lipinski definition) is 0. The molecule has 0 heterocycles. The predicted octanol–water partition coefficient (Wildman–Crippen LogP) is 4.79. The first kappa shape index (κ1) is 13.5. The third-order valence-corrected chi connectivity index (χ3v) is 2.53. The fourth-order valence-corrected chi connectivity index (χ4v) is 1.58. The van der Waals surface area contributed by atoms with Gasteiger partial charge in [-0.3, -0.25) is 0 Å². The average molecular weight is 276 g/mol. The molecule has 0 bridgehead atoms. The van der Waals surface area contributed by atoms with Crippen LogP contribution in [0.1, 0.15) is 5.56 Å². The van der Waals surface area contributed by atoms with Crippen LogP contribution < -0.4 is 0 Å². The fourth-order valence-electron chi connectivity index (χ4n) is 1.58. The Balaban J connectivity index is 2.46. The highest BCUT2D eigenvalue weighted by Crippen LogP contribution is 2.32. The fraction of sp³-hybridized carbons (Fsp3) is 0.0769. The average Bonchev–Trinajstić information content (AvgIpc) is 2.33. The van der Waals surface area contributed by atoms with Gasteiger partial charge in [-0.1, -0.05) is 12.1 Å². The Morgan fingerprint density at radius 2 is 1.21 bits per heavy atom. The minimum atomic E-state index is -4.51. The molecule has 0 nitrogen and oxygen atoms in total. The summed E-state index contributed by atoms with van der Waals surface area (Å²) in [5.41, 5.74) is -1.17. The first-order valence-corrected chi connectivity index (χ1v) is 5.11. The van der Waals surface area contributed by atoms with Crippen molar-refractivity contribution in [3.05, 3.63) is 59.4 Å². The summed E-state index contributed by atoms with van der Waals surface area (Å²) in [5, 5.41) is 0. The normalized spacial score (nSPS) is 11.7. The highest BCUT2D eigenvalue weighted by molar-refractivity contribution is 5.64. The second kappa shape index (κ2) is 4.60. The molecule has 2 aromatic rings. The van der Waals surface area contributed by atoms with E-state index in [2.05, 4.69) is 0 Å². The Morgan fingerprint density at radius 3 is 1.74 bits per heavy atom. The number of rotatable bonds is 1. The summed E-state index contributed by atoms with van der Waals surface area (Å²) in [5.74, 6) is -3.66. The second-order valence-corrected chi connectivity index (χ2v) is 3.82. The van der Waals surface area contributed by atoms with Crippen molar-refractivity contribution in [2.75, 3.05) is 0 Å². The highest BCUT2D eigenvalue weighted by atomic mass is 19.4. The lowest BCUT2D eigenvalue weighted by molar-refractivity contribution is -0.137. The van der Waals surface area contributed by atoms with E-state index in [4.69, 9.17) is 0 Å². The molecule has 0 saturated carbocycles. The van der Waals surface area contributed by atoms with Crippen LogP contribution in [0.5, 0.6) is 0 Å². The maximum atomic E-state index is 13.4.